The van der Waals surface area contributed by atoms with Crippen LogP contribution in [0.3, 0.4) is 0 Å². The minimum atomic E-state index is -0.696. The van der Waals surface area contributed by atoms with Crippen molar-refractivity contribution in [1.82, 2.24) is 4.98 Å². The van der Waals surface area contributed by atoms with Crippen LogP contribution in [0.2, 0.25) is 5.02 Å². The molecule has 0 saturated carbocycles. The van der Waals surface area contributed by atoms with Gasteiger partial charge in [0.15, 0.2) is 0 Å². The number of carbonyl (C=O) groups is 2. The summed E-state index contributed by atoms with van der Waals surface area (Å²) in [5.41, 5.74) is 1.71. The molecule has 1 aromatic heterocycles. The first-order valence-electron chi connectivity index (χ1n) is 7.32. The summed E-state index contributed by atoms with van der Waals surface area (Å²) in [6.45, 7) is 0. The van der Waals surface area contributed by atoms with E-state index in [4.69, 9.17) is 39.5 Å². The Morgan fingerprint density at radius 3 is 2.40 bits per heavy atom. The zero-order chi connectivity index (χ0) is 17.7. The van der Waals surface area contributed by atoms with Gasteiger partial charge in [-0.15, -0.1) is 0 Å². The third-order valence-corrected chi connectivity index (χ3v) is 5.29. The maximum absolute atomic E-state index is 12.2. The number of amides is 2. The van der Waals surface area contributed by atoms with Gasteiger partial charge in [0, 0.05) is 18.2 Å². The molecule has 0 N–H and O–H groups in total. The second-order valence-corrected chi connectivity index (χ2v) is 6.65. The molecule has 0 radical (unpaired) electrons. The van der Waals surface area contributed by atoms with Gasteiger partial charge in [-0.05, 0) is 24.3 Å². The lowest BCUT2D eigenvalue weighted by Crippen LogP contribution is -2.31. The maximum Gasteiger partial charge on any atom is 0.278 e. The lowest BCUT2D eigenvalue weighted by molar-refractivity contribution is -0.120. The highest BCUT2D eigenvalue weighted by atomic mass is 35.5. The first-order chi connectivity index (χ1) is 12.0. The zero-order valence-electron chi connectivity index (χ0n) is 12.5. The van der Waals surface area contributed by atoms with Crippen molar-refractivity contribution in [3.05, 3.63) is 62.9 Å². The lowest BCUT2D eigenvalue weighted by atomic mass is 10.1. The summed E-state index contributed by atoms with van der Waals surface area (Å²) in [7, 11) is 0. The molecule has 5 nitrogen and oxygen atoms in total. The fourth-order valence-electron chi connectivity index (χ4n) is 2.87. The lowest BCUT2D eigenvalue weighted by Gasteiger charge is -2.17. The fraction of sp³-hybridized carbons (Fsp3) is 0.118. The number of ether oxygens (including phenoxy) is 1. The summed E-state index contributed by atoms with van der Waals surface area (Å²) in [5, 5.41) is -0.370. The Balaban J connectivity index is 1.70. The SMILES string of the molecule is O=C1C(Cl)=C(Cl)C(=O)N1c1ccc2c(c1Cl)CC(c1ccccn1)O2. The fourth-order valence-corrected chi connectivity index (χ4v) is 3.52. The number of fused-ring (bicyclic) bond motifs is 1. The van der Waals surface area contributed by atoms with Gasteiger partial charge in [0.2, 0.25) is 0 Å². The Bertz CT molecular complexity index is 920. The van der Waals surface area contributed by atoms with Gasteiger partial charge in [0.25, 0.3) is 11.8 Å². The average Bonchev–Trinajstić information content (AvgIpc) is 3.14. The molecule has 2 amide bonds. The molecular formula is C17H9Cl3N2O3. The molecule has 0 bridgehead atoms. The Kier molecular flexibility index (Phi) is 3.95. The molecule has 1 atom stereocenters. The van der Waals surface area contributed by atoms with E-state index in [1.807, 2.05) is 18.2 Å². The summed E-state index contributed by atoms with van der Waals surface area (Å²) in [5.74, 6) is -0.800. The molecule has 2 aliphatic heterocycles. The third-order valence-electron chi connectivity index (χ3n) is 4.07. The first-order valence-corrected chi connectivity index (χ1v) is 8.45. The smallest absolute Gasteiger partial charge is 0.278 e. The van der Waals surface area contributed by atoms with Crippen LogP contribution in [0.1, 0.15) is 17.4 Å². The second-order valence-electron chi connectivity index (χ2n) is 5.51. The highest BCUT2D eigenvalue weighted by Crippen LogP contribution is 2.45. The van der Waals surface area contributed by atoms with E-state index in [-0.39, 0.29) is 26.9 Å². The van der Waals surface area contributed by atoms with Crippen LogP contribution < -0.4 is 9.64 Å². The van der Waals surface area contributed by atoms with Crippen LogP contribution in [-0.2, 0) is 16.0 Å². The van der Waals surface area contributed by atoms with Crippen molar-refractivity contribution < 1.29 is 14.3 Å². The highest BCUT2D eigenvalue weighted by Gasteiger charge is 2.40. The van der Waals surface area contributed by atoms with E-state index in [1.54, 1.807) is 12.3 Å². The van der Waals surface area contributed by atoms with Gasteiger partial charge < -0.3 is 4.74 Å². The summed E-state index contributed by atoms with van der Waals surface area (Å²) in [4.78, 5) is 29.6. The molecule has 0 saturated heterocycles. The molecule has 126 valence electrons. The van der Waals surface area contributed by atoms with Gasteiger partial charge in [-0.3, -0.25) is 14.6 Å². The second kappa shape index (κ2) is 6.02. The van der Waals surface area contributed by atoms with Crippen molar-refractivity contribution in [2.24, 2.45) is 0 Å². The number of imide groups is 1. The van der Waals surface area contributed by atoms with E-state index in [2.05, 4.69) is 4.98 Å². The summed E-state index contributed by atoms with van der Waals surface area (Å²) >= 11 is 18.0. The molecule has 2 aliphatic rings. The highest BCUT2D eigenvalue weighted by molar-refractivity contribution is 6.62. The summed E-state index contributed by atoms with van der Waals surface area (Å²) in [6, 6.07) is 8.76. The van der Waals surface area contributed by atoms with Crippen molar-refractivity contribution in [2.75, 3.05) is 4.90 Å². The van der Waals surface area contributed by atoms with Crippen molar-refractivity contribution >= 4 is 52.3 Å². The predicted molar refractivity (Wildman–Crippen MR) is 94.0 cm³/mol. The van der Waals surface area contributed by atoms with Crippen molar-refractivity contribution in [2.45, 2.75) is 12.5 Å². The number of pyridine rings is 1. The number of hydrogen-bond donors (Lipinski definition) is 0. The van der Waals surface area contributed by atoms with E-state index in [9.17, 15) is 9.59 Å². The molecular weight excluding hydrogens is 387 g/mol. The van der Waals surface area contributed by atoms with Gasteiger partial charge in [-0.1, -0.05) is 40.9 Å². The van der Waals surface area contributed by atoms with Gasteiger partial charge in [-0.25, -0.2) is 4.90 Å². The maximum atomic E-state index is 12.2. The molecule has 2 aromatic rings. The van der Waals surface area contributed by atoms with Gasteiger partial charge in [-0.2, -0.15) is 0 Å². The first kappa shape index (κ1) is 16.4. The van der Waals surface area contributed by atoms with Crippen LogP contribution in [0.15, 0.2) is 46.6 Å². The van der Waals surface area contributed by atoms with Gasteiger partial charge in [0.05, 0.1) is 16.4 Å². The summed E-state index contributed by atoms with van der Waals surface area (Å²) < 4.78 is 5.89. The van der Waals surface area contributed by atoms with E-state index in [1.165, 1.54) is 6.07 Å². The number of halogens is 3. The molecule has 1 unspecified atom stereocenters. The molecule has 4 rings (SSSR count). The Morgan fingerprint density at radius 2 is 1.76 bits per heavy atom. The monoisotopic (exact) mass is 394 g/mol. The number of anilines is 1. The Morgan fingerprint density at radius 1 is 1.04 bits per heavy atom. The largest absolute Gasteiger partial charge is 0.483 e. The zero-order valence-corrected chi connectivity index (χ0v) is 14.8. The van der Waals surface area contributed by atoms with Crippen LogP contribution in [0.5, 0.6) is 5.75 Å². The molecule has 8 heteroatoms. The number of nitrogens with zero attached hydrogens (tertiary/aromatic N) is 2. The van der Waals surface area contributed by atoms with Crippen molar-refractivity contribution in [3.8, 4) is 5.75 Å². The minimum Gasteiger partial charge on any atom is -0.483 e. The van der Waals surface area contributed by atoms with Crippen LogP contribution in [0.4, 0.5) is 5.69 Å². The number of hydrogen-bond acceptors (Lipinski definition) is 4. The molecule has 3 heterocycles. The van der Waals surface area contributed by atoms with Gasteiger partial charge in [0.1, 0.15) is 21.9 Å². The molecule has 0 aliphatic carbocycles. The quantitative estimate of drug-likeness (QED) is 0.722. The predicted octanol–water partition coefficient (Wildman–Crippen LogP) is 3.97. The average molecular weight is 396 g/mol. The molecule has 0 spiro atoms. The van der Waals surface area contributed by atoms with Crippen LogP contribution in [0, 0.1) is 0 Å². The van der Waals surface area contributed by atoms with E-state index < -0.39 is 11.8 Å². The molecule has 25 heavy (non-hydrogen) atoms. The minimum absolute atomic E-state index is 0.231. The topological polar surface area (TPSA) is 59.5 Å². The molecule has 1 aromatic carbocycles. The van der Waals surface area contributed by atoms with Crippen LogP contribution in [0.25, 0.3) is 0 Å². The Hall–Kier alpha value is -2.08. The van der Waals surface area contributed by atoms with Gasteiger partial charge >= 0.3 is 0 Å². The Labute approximate surface area is 157 Å². The van der Waals surface area contributed by atoms with Crippen molar-refractivity contribution in [3.63, 3.8) is 0 Å². The number of benzene rings is 1. The van der Waals surface area contributed by atoms with E-state index >= 15 is 0 Å². The number of carbonyl (C=O) groups excluding carboxylic acids is 2. The van der Waals surface area contributed by atoms with Crippen LogP contribution >= 0.6 is 34.8 Å². The van der Waals surface area contributed by atoms with E-state index in [0.29, 0.717) is 17.7 Å². The van der Waals surface area contributed by atoms with Crippen LogP contribution in [-0.4, -0.2) is 16.8 Å². The van der Waals surface area contributed by atoms with Crippen molar-refractivity contribution in [1.29, 1.82) is 0 Å². The summed E-state index contributed by atoms with van der Waals surface area (Å²) in [6.07, 6.45) is 1.88. The van der Waals surface area contributed by atoms with E-state index in [0.717, 1.165) is 10.6 Å². The standard InChI is InChI=1S/C17H9Cl3N2O3/c18-13-8-7-12(9-3-1-2-6-21-9)25-11(8)5-4-10(13)22-16(23)14(19)15(20)17(22)24/h1-6,12H,7H2. The number of aromatic nitrogens is 1. The third kappa shape index (κ3) is 2.51. The normalized spacial score (nSPS) is 19.5. The molecule has 0 fully saturated rings. The number of rotatable bonds is 2.